The van der Waals surface area contributed by atoms with E-state index in [1.54, 1.807) is 0 Å². The summed E-state index contributed by atoms with van der Waals surface area (Å²) in [5.41, 5.74) is 0.439. The minimum Gasteiger partial charge on any atom is -0.478 e. The highest BCUT2D eigenvalue weighted by Crippen LogP contribution is 2.19. The minimum absolute atomic E-state index is 0.0250. The molecule has 1 heterocycles. The summed E-state index contributed by atoms with van der Waals surface area (Å²) in [7, 11) is 0. The number of halogens is 1. The predicted molar refractivity (Wildman–Crippen MR) is 58.4 cm³/mol. The van der Waals surface area contributed by atoms with Crippen LogP contribution in [0.15, 0.2) is 12.1 Å². The van der Waals surface area contributed by atoms with E-state index in [0.717, 1.165) is 6.07 Å². The van der Waals surface area contributed by atoms with Gasteiger partial charge in [-0.25, -0.2) is 14.2 Å². The molecule has 17 heavy (non-hydrogen) atoms. The Kier molecular flexibility index (Phi) is 3.06. The van der Waals surface area contributed by atoms with Crippen LogP contribution in [0, 0.1) is 5.82 Å². The van der Waals surface area contributed by atoms with E-state index in [-0.39, 0.29) is 17.7 Å². The van der Waals surface area contributed by atoms with Crippen molar-refractivity contribution in [3.8, 4) is 0 Å². The van der Waals surface area contributed by atoms with E-state index in [4.69, 9.17) is 10.2 Å². The number of aromatic nitrogens is 2. The molecule has 0 amide bonds. The summed E-state index contributed by atoms with van der Waals surface area (Å²) < 4.78 is 13.2. The molecule has 1 aromatic carbocycles. The number of aryl methyl sites for hydroxylation is 1. The van der Waals surface area contributed by atoms with Gasteiger partial charge in [0.15, 0.2) is 0 Å². The first kappa shape index (κ1) is 11.5. The number of benzene rings is 1. The summed E-state index contributed by atoms with van der Waals surface area (Å²) in [6.07, 6.45) is 1.01. The Labute approximate surface area is 95.9 Å². The van der Waals surface area contributed by atoms with Crippen LogP contribution in [0.1, 0.15) is 22.6 Å². The molecule has 0 saturated heterocycles. The lowest BCUT2D eigenvalue weighted by Crippen LogP contribution is -1.98. The maximum atomic E-state index is 13.2. The zero-order valence-corrected chi connectivity index (χ0v) is 8.90. The number of H-pyrrole nitrogens is 1. The lowest BCUT2D eigenvalue weighted by Gasteiger charge is -1.95. The van der Waals surface area contributed by atoms with Crippen molar-refractivity contribution in [1.82, 2.24) is 9.97 Å². The molecule has 3 N–H and O–H groups in total. The Bertz CT molecular complexity index is 565. The molecule has 0 aliphatic carbocycles. The molecule has 0 radical (unpaired) electrons. The first-order valence-electron chi connectivity index (χ1n) is 5.14. The topological polar surface area (TPSA) is 86.2 Å². The quantitative estimate of drug-likeness (QED) is 0.749. The number of fused-ring (bicyclic) bond motifs is 1. The van der Waals surface area contributed by atoms with Crippen LogP contribution in [0.2, 0.25) is 0 Å². The summed E-state index contributed by atoms with van der Waals surface area (Å²) in [6.45, 7) is 0.0250. The number of carboxylic acids is 1. The van der Waals surface area contributed by atoms with Gasteiger partial charge in [-0.15, -0.1) is 0 Å². The van der Waals surface area contributed by atoms with Crippen molar-refractivity contribution in [3.63, 3.8) is 0 Å². The van der Waals surface area contributed by atoms with Gasteiger partial charge in [0, 0.05) is 13.0 Å². The molecule has 6 heteroatoms. The summed E-state index contributed by atoms with van der Waals surface area (Å²) in [5, 5.41) is 17.6. The molecular weight excluding hydrogens is 227 g/mol. The zero-order valence-electron chi connectivity index (χ0n) is 8.90. The molecule has 2 aromatic rings. The lowest BCUT2D eigenvalue weighted by molar-refractivity contribution is 0.0698. The second-order valence-electron chi connectivity index (χ2n) is 3.67. The van der Waals surface area contributed by atoms with E-state index in [2.05, 4.69) is 9.97 Å². The van der Waals surface area contributed by atoms with Gasteiger partial charge >= 0.3 is 5.97 Å². The van der Waals surface area contributed by atoms with Crippen molar-refractivity contribution in [2.45, 2.75) is 12.8 Å². The number of aromatic amines is 1. The van der Waals surface area contributed by atoms with Crippen LogP contribution in [-0.2, 0) is 6.42 Å². The molecule has 0 atom stereocenters. The van der Waals surface area contributed by atoms with Crippen molar-refractivity contribution >= 4 is 17.0 Å². The Hall–Kier alpha value is -1.95. The molecule has 5 nitrogen and oxygen atoms in total. The van der Waals surface area contributed by atoms with Crippen LogP contribution in [-0.4, -0.2) is 32.8 Å². The van der Waals surface area contributed by atoms with Gasteiger partial charge in [0.2, 0.25) is 0 Å². The molecular formula is C11H11FN2O3. The molecule has 2 rings (SSSR count). The van der Waals surface area contributed by atoms with Crippen LogP contribution < -0.4 is 0 Å². The summed E-state index contributed by atoms with van der Waals surface area (Å²) >= 11 is 0. The second kappa shape index (κ2) is 4.50. The molecule has 0 aliphatic rings. The van der Waals surface area contributed by atoms with Gasteiger partial charge in [0.05, 0.1) is 11.1 Å². The fourth-order valence-electron chi connectivity index (χ4n) is 1.66. The standard InChI is InChI=1S/C11H11FN2O3/c12-6-4-7(11(16)17)10-8(5-6)13-9(14-10)2-1-3-15/h4-5,15H,1-3H2,(H,13,14)(H,16,17). The fraction of sp³-hybridized carbons (Fsp3) is 0.273. The van der Waals surface area contributed by atoms with Crippen LogP contribution in [0.4, 0.5) is 4.39 Å². The molecule has 1 aromatic heterocycles. The zero-order chi connectivity index (χ0) is 12.4. The number of imidazole rings is 1. The van der Waals surface area contributed by atoms with E-state index in [9.17, 15) is 9.18 Å². The third kappa shape index (κ3) is 2.26. The first-order valence-corrected chi connectivity index (χ1v) is 5.14. The largest absolute Gasteiger partial charge is 0.478 e. The van der Waals surface area contributed by atoms with E-state index < -0.39 is 11.8 Å². The highest BCUT2D eigenvalue weighted by atomic mass is 19.1. The van der Waals surface area contributed by atoms with Crippen molar-refractivity contribution in [2.75, 3.05) is 6.61 Å². The minimum atomic E-state index is -1.21. The van der Waals surface area contributed by atoms with Gasteiger partial charge in [0.25, 0.3) is 0 Å². The maximum absolute atomic E-state index is 13.2. The van der Waals surface area contributed by atoms with Crippen LogP contribution in [0.5, 0.6) is 0 Å². The summed E-state index contributed by atoms with van der Waals surface area (Å²) in [4.78, 5) is 17.9. The van der Waals surface area contributed by atoms with Gasteiger partial charge in [-0.3, -0.25) is 0 Å². The molecule has 0 bridgehead atoms. The van der Waals surface area contributed by atoms with Crippen LogP contribution in [0.25, 0.3) is 11.0 Å². The highest BCUT2D eigenvalue weighted by Gasteiger charge is 2.14. The van der Waals surface area contributed by atoms with E-state index in [1.807, 2.05) is 0 Å². The Morgan fingerprint density at radius 3 is 2.88 bits per heavy atom. The molecule has 0 fully saturated rings. The molecule has 0 saturated carbocycles. The van der Waals surface area contributed by atoms with Gasteiger partial charge in [-0.2, -0.15) is 0 Å². The Morgan fingerprint density at radius 2 is 2.24 bits per heavy atom. The van der Waals surface area contributed by atoms with Gasteiger partial charge in [-0.1, -0.05) is 0 Å². The van der Waals surface area contributed by atoms with Gasteiger partial charge < -0.3 is 15.2 Å². The normalized spacial score (nSPS) is 10.9. The molecule has 0 aliphatic heterocycles. The number of carbonyl (C=O) groups is 1. The van der Waals surface area contributed by atoms with Crippen LogP contribution in [0.3, 0.4) is 0 Å². The first-order chi connectivity index (χ1) is 8.11. The molecule has 0 unspecified atom stereocenters. The SMILES string of the molecule is O=C(O)c1cc(F)cc2[nH]c(CCCO)nc12. The highest BCUT2D eigenvalue weighted by molar-refractivity contribution is 6.00. The summed E-state index contributed by atoms with van der Waals surface area (Å²) in [6, 6.07) is 2.15. The number of hydrogen-bond donors (Lipinski definition) is 3. The van der Waals surface area contributed by atoms with Gasteiger partial charge in [0.1, 0.15) is 17.2 Å². The summed E-state index contributed by atoms with van der Waals surface area (Å²) in [5.74, 6) is -1.29. The second-order valence-corrected chi connectivity index (χ2v) is 3.67. The number of carboxylic acid groups (broad SMARTS) is 1. The number of nitrogens with zero attached hydrogens (tertiary/aromatic N) is 1. The third-order valence-electron chi connectivity index (χ3n) is 2.40. The number of aliphatic hydroxyl groups excluding tert-OH is 1. The number of rotatable bonds is 4. The average Bonchev–Trinajstić information content (AvgIpc) is 2.67. The third-order valence-corrected chi connectivity index (χ3v) is 2.40. The fourth-order valence-corrected chi connectivity index (χ4v) is 1.66. The van der Waals surface area contributed by atoms with E-state index in [0.29, 0.717) is 24.2 Å². The smallest absolute Gasteiger partial charge is 0.338 e. The average molecular weight is 238 g/mol. The van der Waals surface area contributed by atoms with Crippen molar-refractivity contribution in [3.05, 3.63) is 29.3 Å². The van der Waals surface area contributed by atoms with E-state index >= 15 is 0 Å². The number of aliphatic hydroxyl groups is 1. The van der Waals surface area contributed by atoms with Crippen LogP contribution >= 0.6 is 0 Å². The van der Waals surface area contributed by atoms with Crippen molar-refractivity contribution in [1.29, 1.82) is 0 Å². The Morgan fingerprint density at radius 1 is 1.47 bits per heavy atom. The predicted octanol–water partition coefficient (Wildman–Crippen LogP) is 1.33. The Balaban J connectivity index is 2.51. The molecule has 0 spiro atoms. The molecule has 90 valence electrons. The number of aromatic carboxylic acids is 1. The van der Waals surface area contributed by atoms with E-state index in [1.165, 1.54) is 6.07 Å². The van der Waals surface area contributed by atoms with Crippen molar-refractivity contribution in [2.24, 2.45) is 0 Å². The van der Waals surface area contributed by atoms with Crippen molar-refractivity contribution < 1.29 is 19.4 Å². The monoisotopic (exact) mass is 238 g/mol. The number of nitrogens with one attached hydrogen (secondary N) is 1. The lowest BCUT2D eigenvalue weighted by atomic mass is 10.2. The van der Waals surface area contributed by atoms with Gasteiger partial charge in [-0.05, 0) is 18.6 Å². The maximum Gasteiger partial charge on any atom is 0.338 e. The number of hydrogen-bond acceptors (Lipinski definition) is 3.